The van der Waals surface area contributed by atoms with Crippen LogP contribution in [0, 0.1) is 0 Å². The van der Waals surface area contributed by atoms with Gasteiger partial charge in [-0.25, -0.2) is 0 Å². The monoisotopic (exact) mass is 252 g/mol. The summed E-state index contributed by atoms with van der Waals surface area (Å²) in [6.45, 7) is 6.80. The summed E-state index contributed by atoms with van der Waals surface area (Å²) in [6.07, 6.45) is 4.88. The topological polar surface area (TPSA) is 68.2 Å². The summed E-state index contributed by atoms with van der Waals surface area (Å²) in [5.41, 5.74) is 5.68. The molecule has 1 saturated heterocycles. The normalized spacial score (nSPS) is 21.7. The Labute approximate surface area is 109 Å². The van der Waals surface area contributed by atoms with Gasteiger partial charge in [0.1, 0.15) is 0 Å². The van der Waals surface area contributed by atoms with Gasteiger partial charge in [0.2, 0.25) is 5.89 Å². The number of nitrogens with two attached hydrogens (primary N) is 1. The summed E-state index contributed by atoms with van der Waals surface area (Å²) in [7, 11) is 0. The van der Waals surface area contributed by atoms with Crippen molar-refractivity contribution in [2.75, 3.05) is 13.1 Å². The Morgan fingerprint density at radius 3 is 2.94 bits per heavy atom. The fourth-order valence-corrected chi connectivity index (χ4v) is 2.54. The van der Waals surface area contributed by atoms with Gasteiger partial charge in [0.25, 0.3) is 0 Å². The van der Waals surface area contributed by atoms with Gasteiger partial charge in [-0.2, -0.15) is 4.98 Å². The lowest BCUT2D eigenvalue weighted by Gasteiger charge is -2.34. The highest BCUT2D eigenvalue weighted by Gasteiger charge is 2.23. The quantitative estimate of drug-likeness (QED) is 0.866. The number of likely N-dealkylation sites (tertiary alicyclic amines) is 1. The van der Waals surface area contributed by atoms with Crippen LogP contribution in [0.2, 0.25) is 0 Å². The van der Waals surface area contributed by atoms with Crippen molar-refractivity contribution in [2.24, 2.45) is 5.73 Å². The van der Waals surface area contributed by atoms with Gasteiger partial charge in [0, 0.05) is 12.0 Å². The van der Waals surface area contributed by atoms with Crippen LogP contribution in [0.3, 0.4) is 0 Å². The van der Waals surface area contributed by atoms with Crippen molar-refractivity contribution in [3.05, 3.63) is 11.7 Å². The van der Waals surface area contributed by atoms with Crippen LogP contribution >= 0.6 is 0 Å². The lowest BCUT2D eigenvalue weighted by atomic mass is 9.99. The van der Waals surface area contributed by atoms with E-state index in [-0.39, 0.29) is 0 Å². The first kappa shape index (κ1) is 13.5. The maximum Gasteiger partial charge on any atom is 0.229 e. The number of aromatic nitrogens is 2. The van der Waals surface area contributed by atoms with E-state index in [4.69, 9.17) is 10.3 Å². The van der Waals surface area contributed by atoms with E-state index in [1.165, 1.54) is 19.3 Å². The first-order chi connectivity index (χ1) is 8.70. The lowest BCUT2D eigenvalue weighted by molar-refractivity contribution is 0.129. The van der Waals surface area contributed by atoms with Crippen LogP contribution in [0.1, 0.15) is 57.2 Å². The van der Waals surface area contributed by atoms with Gasteiger partial charge in [0.05, 0.1) is 6.54 Å². The molecule has 2 rings (SSSR count). The first-order valence-electron chi connectivity index (χ1n) is 6.97. The SMILES string of the molecule is CC(C)c1nc(CN2CCCCC2CCN)no1. The fourth-order valence-electron chi connectivity index (χ4n) is 2.54. The lowest BCUT2D eigenvalue weighted by Crippen LogP contribution is -2.40. The summed E-state index contributed by atoms with van der Waals surface area (Å²) >= 11 is 0. The molecule has 2 heterocycles. The molecule has 1 aliphatic heterocycles. The van der Waals surface area contributed by atoms with E-state index in [0.29, 0.717) is 12.0 Å². The molecule has 1 aromatic heterocycles. The van der Waals surface area contributed by atoms with E-state index >= 15 is 0 Å². The minimum atomic E-state index is 0.299. The Bertz CT molecular complexity index is 362. The van der Waals surface area contributed by atoms with Gasteiger partial charge < -0.3 is 10.3 Å². The van der Waals surface area contributed by atoms with Gasteiger partial charge >= 0.3 is 0 Å². The first-order valence-corrected chi connectivity index (χ1v) is 6.97. The Kier molecular flexibility index (Phi) is 4.72. The highest BCUT2D eigenvalue weighted by Crippen LogP contribution is 2.21. The molecular formula is C13H24N4O. The van der Waals surface area contributed by atoms with Crippen LogP contribution < -0.4 is 5.73 Å². The molecule has 1 aliphatic rings. The third kappa shape index (κ3) is 3.29. The Hall–Kier alpha value is -0.940. The average molecular weight is 252 g/mol. The van der Waals surface area contributed by atoms with Crippen molar-refractivity contribution in [1.82, 2.24) is 15.0 Å². The van der Waals surface area contributed by atoms with Crippen molar-refractivity contribution in [3.63, 3.8) is 0 Å². The second kappa shape index (κ2) is 6.29. The highest BCUT2D eigenvalue weighted by atomic mass is 16.5. The molecule has 102 valence electrons. The molecule has 5 nitrogen and oxygen atoms in total. The maximum absolute atomic E-state index is 5.68. The molecule has 0 radical (unpaired) electrons. The van der Waals surface area contributed by atoms with Crippen molar-refractivity contribution in [2.45, 2.75) is 58.0 Å². The van der Waals surface area contributed by atoms with E-state index in [0.717, 1.165) is 37.8 Å². The third-order valence-electron chi connectivity index (χ3n) is 3.57. The molecule has 0 spiro atoms. The van der Waals surface area contributed by atoms with Crippen LogP contribution in [0.5, 0.6) is 0 Å². The number of hydrogen-bond donors (Lipinski definition) is 1. The van der Waals surface area contributed by atoms with Crippen LogP contribution in [-0.2, 0) is 6.54 Å². The van der Waals surface area contributed by atoms with Crippen LogP contribution in [0.4, 0.5) is 0 Å². The zero-order chi connectivity index (χ0) is 13.0. The molecule has 1 fully saturated rings. The van der Waals surface area contributed by atoms with Gasteiger partial charge in [-0.15, -0.1) is 0 Å². The number of hydrogen-bond acceptors (Lipinski definition) is 5. The molecule has 1 atom stereocenters. The molecule has 0 saturated carbocycles. The molecule has 0 aliphatic carbocycles. The van der Waals surface area contributed by atoms with Crippen LogP contribution in [0.15, 0.2) is 4.52 Å². The summed E-state index contributed by atoms with van der Waals surface area (Å²) in [6, 6.07) is 0.588. The third-order valence-corrected chi connectivity index (χ3v) is 3.57. The zero-order valence-corrected chi connectivity index (χ0v) is 11.4. The smallest absolute Gasteiger partial charge is 0.229 e. The van der Waals surface area contributed by atoms with Gasteiger partial charge in [0.15, 0.2) is 5.82 Å². The molecule has 1 aromatic rings. The summed E-state index contributed by atoms with van der Waals surface area (Å²) in [5.74, 6) is 1.84. The van der Waals surface area contributed by atoms with Gasteiger partial charge in [-0.1, -0.05) is 25.4 Å². The standard InChI is InChI=1S/C13H24N4O/c1-10(2)13-15-12(16-18-13)9-17-8-4-3-5-11(17)6-7-14/h10-11H,3-9,14H2,1-2H3. The molecule has 2 N–H and O–H groups in total. The van der Waals surface area contributed by atoms with Gasteiger partial charge in [-0.3, -0.25) is 4.90 Å². The fraction of sp³-hybridized carbons (Fsp3) is 0.846. The Morgan fingerprint density at radius 2 is 2.28 bits per heavy atom. The predicted octanol–water partition coefficient (Wildman–Crippen LogP) is 1.90. The van der Waals surface area contributed by atoms with E-state index < -0.39 is 0 Å². The molecule has 0 amide bonds. The van der Waals surface area contributed by atoms with Crippen molar-refractivity contribution in [3.8, 4) is 0 Å². The zero-order valence-electron chi connectivity index (χ0n) is 11.4. The molecule has 0 aromatic carbocycles. The summed E-state index contributed by atoms with van der Waals surface area (Å²) in [5, 5.41) is 4.07. The maximum atomic E-state index is 5.68. The van der Waals surface area contributed by atoms with E-state index in [1.54, 1.807) is 0 Å². The summed E-state index contributed by atoms with van der Waals surface area (Å²) < 4.78 is 5.25. The average Bonchev–Trinajstić information content (AvgIpc) is 2.81. The minimum Gasteiger partial charge on any atom is -0.339 e. The predicted molar refractivity (Wildman–Crippen MR) is 70.1 cm³/mol. The molecular weight excluding hydrogens is 228 g/mol. The van der Waals surface area contributed by atoms with Crippen molar-refractivity contribution >= 4 is 0 Å². The van der Waals surface area contributed by atoms with Crippen molar-refractivity contribution in [1.29, 1.82) is 0 Å². The second-order valence-electron chi connectivity index (χ2n) is 5.40. The molecule has 0 bridgehead atoms. The van der Waals surface area contributed by atoms with E-state index in [9.17, 15) is 0 Å². The van der Waals surface area contributed by atoms with E-state index in [1.807, 2.05) is 0 Å². The second-order valence-corrected chi connectivity index (χ2v) is 5.40. The van der Waals surface area contributed by atoms with Crippen LogP contribution in [-0.4, -0.2) is 34.2 Å². The molecule has 18 heavy (non-hydrogen) atoms. The minimum absolute atomic E-state index is 0.299. The Morgan fingerprint density at radius 1 is 1.44 bits per heavy atom. The van der Waals surface area contributed by atoms with E-state index in [2.05, 4.69) is 28.9 Å². The molecule has 1 unspecified atom stereocenters. The van der Waals surface area contributed by atoms with Crippen molar-refractivity contribution < 1.29 is 4.52 Å². The number of rotatable bonds is 5. The molecule has 5 heteroatoms. The number of piperidine rings is 1. The number of nitrogens with zero attached hydrogens (tertiary/aromatic N) is 3. The van der Waals surface area contributed by atoms with Gasteiger partial charge in [-0.05, 0) is 32.4 Å². The van der Waals surface area contributed by atoms with Crippen LogP contribution in [0.25, 0.3) is 0 Å². The Balaban J connectivity index is 1.97. The highest BCUT2D eigenvalue weighted by molar-refractivity contribution is 4.92. The summed E-state index contributed by atoms with van der Waals surface area (Å²) in [4.78, 5) is 6.90. The largest absolute Gasteiger partial charge is 0.339 e.